The number of nitrogens with two attached hydrogens (primary N) is 1. The number of fused-ring (bicyclic) bond motifs is 2. The van der Waals surface area contributed by atoms with E-state index in [4.69, 9.17) is 19.9 Å². The number of hydrogen-bond donors (Lipinski definition) is 8. The number of urea groups is 1. The number of thiol groups is 1. The fourth-order valence-electron chi connectivity index (χ4n) is 9.98. The summed E-state index contributed by atoms with van der Waals surface area (Å²) in [4.78, 5) is 117. The molecule has 92 heavy (non-hydrogen) atoms. The highest BCUT2D eigenvalue weighted by Gasteiger charge is 2.31. The highest BCUT2D eigenvalue weighted by Crippen LogP contribution is 2.39. The van der Waals surface area contributed by atoms with Crippen molar-refractivity contribution < 1.29 is 62.1 Å². The summed E-state index contributed by atoms with van der Waals surface area (Å²) in [6.07, 6.45) is 4.37. The first kappa shape index (κ1) is 67.1. The fraction of sp³-hybridized carbons (Fsp3) is 0.387. The average molecular weight is 1320 g/mol. The van der Waals surface area contributed by atoms with Gasteiger partial charge < -0.3 is 60.8 Å². The average Bonchev–Trinajstić information content (AvgIpc) is 1.34. The summed E-state index contributed by atoms with van der Waals surface area (Å²) in [5.41, 5.74) is 9.53. The highest BCUT2D eigenvalue weighted by molar-refractivity contribution is 8.28. The molecule has 6 aromatic rings. The van der Waals surface area contributed by atoms with Crippen LogP contribution in [0.1, 0.15) is 77.2 Å². The molecule has 0 aliphatic carbocycles. The number of aromatic nitrogens is 4. The minimum Gasteiger partial charge on any atom is -0.491 e. The molecule has 1 fully saturated rings. The van der Waals surface area contributed by atoms with E-state index >= 15 is 4.39 Å². The Bertz CT molecular complexity index is 3740. The second-order valence-corrected chi connectivity index (χ2v) is 25.9. The van der Waals surface area contributed by atoms with E-state index in [2.05, 4.69) is 62.9 Å². The van der Waals surface area contributed by atoms with Crippen molar-refractivity contribution in [3.63, 3.8) is 0 Å². The van der Waals surface area contributed by atoms with Gasteiger partial charge in [-0.2, -0.15) is 0 Å². The molecule has 2 atom stereocenters. The number of carbonyl (C=O) groups is 8. The minimum atomic E-state index is -1.90. The normalized spacial score (nSPS) is 14.7. The van der Waals surface area contributed by atoms with E-state index in [0.717, 1.165) is 39.1 Å². The highest BCUT2D eigenvalue weighted by atomic mass is 32.2. The number of hydrogen-bond acceptors (Lipinski definition) is 20. The van der Waals surface area contributed by atoms with Gasteiger partial charge in [-0.05, 0) is 93.0 Å². The number of carboxylic acids is 1. The number of rotatable bonds is 26. The summed E-state index contributed by atoms with van der Waals surface area (Å²) < 4.78 is 36.0. The lowest BCUT2D eigenvalue weighted by Crippen LogP contribution is -2.49. The smallest absolute Gasteiger partial charge is 0.410 e. The maximum atomic E-state index is 15.3. The third-order valence-corrected chi connectivity index (χ3v) is 18.9. The van der Waals surface area contributed by atoms with Gasteiger partial charge in [0.2, 0.25) is 5.91 Å². The van der Waals surface area contributed by atoms with Gasteiger partial charge in [-0.1, -0.05) is 72.4 Å². The van der Waals surface area contributed by atoms with Crippen LogP contribution in [0.3, 0.4) is 0 Å². The Kier molecular flexibility index (Phi) is 23.4. The first-order valence-corrected chi connectivity index (χ1v) is 33.0. The standard InChI is InChI=1S/C62H71FN14O12S3/c1-38(2)52(68-49(78)23-33-87-34-31-76-50(79)21-22-51(76)80)56(81)73-92(35-9-24-65-58(64)84)61(85)66-42-18-15-41(16-19-42)37-89-62(86)75-29-27-74(28-30-75)25-6-10-40-17-20-46(44(63)36-40)88-32-8-14-48-53(57(82)83)69-60(91-48)77-26-7-11-43-39(3)54(71-72-55(43)77)70-59-67-45-12-4-5-13-47(45)90-59/h4-5,12-13,15-22,36,38,52,92H,7-9,11,14,23-35,37H2,1-3H3,(H,66,85)(H,68,78)(H,73,81)(H,82,83)(H3,64,65,84)(H,67,70,71)/t52-/m0/s1. The number of halogens is 1. The van der Waals surface area contributed by atoms with Crippen LogP contribution >= 0.6 is 33.8 Å². The number of nitrogens with zero attached hydrogens (tertiary/aromatic N) is 8. The maximum absolute atomic E-state index is 15.3. The first-order chi connectivity index (χ1) is 44.4. The van der Waals surface area contributed by atoms with Gasteiger partial charge in [0.15, 0.2) is 39.2 Å². The molecule has 1 unspecified atom stereocenters. The zero-order chi connectivity index (χ0) is 65.3. The van der Waals surface area contributed by atoms with Crippen LogP contribution in [0.25, 0.3) is 10.2 Å². The van der Waals surface area contributed by atoms with E-state index in [1.54, 1.807) is 49.1 Å². The monoisotopic (exact) mass is 1320 g/mol. The fourth-order valence-corrected chi connectivity index (χ4v) is 13.5. The molecule has 9 rings (SSSR count). The van der Waals surface area contributed by atoms with Crippen molar-refractivity contribution in [1.82, 2.24) is 50.2 Å². The molecule has 6 heterocycles. The van der Waals surface area contributed by atoms with Crippen LogP contribution in [0, 0.1) is 30.5 Å². The summed E-state index contributed by atoms with van der Waals surface area (Å²) in [6.45, 7) is 8.56. The van der Waals surface area contributed by atoms with Crippen molar-refractivity contribution in [2.75, 3.05) is 93.5 Å². The molecule has 3 aliphatic rings. The molecule has 3 aromatic carbocycles. The SMILES string of the molecule is Cc1c(Nc2nc3ccccc3s2)nnc2c1CCCN2c1nc(C(=O)O)c(CCCOc2ccc(C#CCN3CCN(C(=O)OCc4ccc(NC(=O)[SH](CCCNC(N)=O)NC(=O)[C@@H](NC(=O)CCOCCN5C(=O)C=CC5=O)C(C)C)cc4)CC3)cc2F)s1. The first-order valence-electron chi connectivity index (χ1n) is 29.8. The number of para-hydroxylation sites is 1. The summed E-state index contributed by atoms with van der Waals surface area (Å²) >= 11 is 0.916. The van der Waals surface area contributed by atoms with E-state index in [9.17, 15) is 43.5 Å². The van der Waals surface area contributed by atoms with Crippen LogP contribution in [0.15, 0.2) is 78.9 Å². The molecular formula is C62H71FN14O12S3. The summed E-state index contributed by atoms with van der Waals surface area (Å²) in [5, 5.41) is 31.3. The number of benzene rings is 3. The molecule has 0 spiro atoms. The Labute approximate surface area is 540 Å². The van der Waals surface area contributed by atoms with Gasteiger partial charge in [-0.25, -0.2) is 28.7 Å². The van der Waals surface area contributed by atoms with Crippen molar-refractivity contribution in [2.24, 2.45) is 11.7 Å². The van der Waals surface area contributed by atoms with Crippen LogP contribution in [0.4, 0.5) is 46.4 Å². The number of imide groups is 1. The molecule has 8 amide bonds. The summed E-state index contributed by atoms with van der Waals surface area (Å²) in [5.74, 6) is 3.52. The van der Waals surface area contributed by atoms with Crippen molar-refractivity contribution >= 4 is 119 Å². The number of aryl methyl sites for hydroxylation is 1. The van der Waals surface area contributed by atoms with E-state index in [1.165, 1.54) is 47.0 Å². The topological polar surface area (TPSA) is 335 Å². The number of nitrogens with one attached hydrogen (secondary N) is 5. The number of anilines is 5. The molecule has 486 valence electrons. The Morgan fingerprint density at radius 1 is 0.902 bits per heavy atom. The molecule has 0 bridgehead atoms. The Morgan fingerprint density at radius 2 is 1.67 bits per heavy atom. The Balaban J connectivity index is 0.677. The summed E-state index contributed by atoms with van der Waals surface area (Å²) in [6, 6.07) is 17.3. The molecule has 3 aliphatic heterocycles. The number of thiazole rings is 2. The number of ether oxygens (including phenoxy) is 3. The summed E-state index contributed by atoms with van der Waals surface area (Å²) in [7, 11) is 0. The lowest BCUT2D eigenvalue weighted by atomic mass is 10.0. The molecule has 8 N–H and O–H groups in total. The number of carboxylic acid groups (broad SMARTS) is 1. The van der Waals surface area contributed by atoms with Gasteiger partial charge in [0, 0.05) is 90.8 Å². The minimum absolute atomic E-state index is 0.0250. The molecule has 0 radical (unpaired) electrons. The number of primary amides is 1. The predicted molar refractivity (Wildman–Crippen MR) is 347 cm³/mol. The maximum Gasteiger partial charge on any atom is 0.410 e. The van der Waals surface area contributed by atoms with Gasteiger partial charge in [0.1, 0.15) is 12.6 Å². The van der Waals surface area contributed by atoms with Crippen LogP contribution < -0.4 is 41.4 Å². The van der Waals surface area contributed by atoms with Crippen LogP contribution in [-0.2, 0) is 48.1 Å². The van der Waals surface area contributed by atoms with Crippen LogP contribution in [0.5, 0.6) is 5.75 Å². The van der Waals surface area contributed by atoms with Gasteiger partial charge in [-0.3, -0.25) is 33.8 Å². The van der Waals surface area contributed by atoms with Gasteiger partial charge in [0.25, 0.3) is 23.0 Å². The number of carbonyl (C=O) groups excluding carboxylic acids is 7. The number of aromatic carboxylic acids is 1. The van der Waals surface area contributed by atoms with Gasteiger partial charge >= 0.3 is 18.1 Å². The quantitative estimate of drug-likeness (QED) is 0.0118. The molecule has 30 heteroatoms. The Hall–Kier alpha value is -9.28. The molecule has 3 aromatic heterocycles. The second-order valence-electron chi connectivity index (χ2n) is 21.8. The zero-order valence-electron chi connectivity index (χ0n) is 50.8. The Morgan fingerprint density at radius 3 is 2.40 bits per heavy atom. The van der Waals surface area contributed by atoms with Crippen LogP contribution in [0.2, 0.25) is 0 Å². The van der Waals surface area contributed by atoms with E-state index < -0.39 is 69.9 Å². The van der Waals surface area contributed by atoms with Crippen LogP contribution in [-0.4, -0.2) is 171 Å². The van der Waals surface area contributed by atoms with Crippen molar-refractivity contribution in [1.29, 1.82) is 0 Å². The molecule has 0 saturated carbocycles. The lowest BCUT2D eigenvalue weighted by Gasteiger charge is -2.32. The van der Waals surface area contributed by atoms with Crippen molar-refractivity contribution in [2.45, 2.75) is 71.9 Å². The van der Waals surface area contributed by atoms with E-state index in [1.807, 2.05) is 36.1 Å². The predicted octanol–water partition coefficient (Wildman–Crippen LogP) is 6.93. The number of piperazine rings is 1. The molecule has 26 nitrogen and oxygen atoms in total. The zero-order valence-corrected chi connectivity index (χ0v) is 53.4. The largest absolute Gasteiger partial charge is 0.491 e. The van der Waals surface area contributed by atoms with E-state index in [0.29, 0.717) is 102 Å². The third kappa shape index (κ3) is 18.2. The molecular weight excluding hydrogens is 1250 g/mol. The van der Waals surface area contributed by atoms with Crippen molar-refractivity contribution in [3.05, 3.63) is 118 Å². The van der Waals surface area contributed by atoms with Gasteiger partial charge in [0.05, 0.1) is 43.1 Å². The lowest BCUT2D eigenvalue weighted by molar-refractivity contribution is -0.138. The molecule has 1 saturated heterocycles. The number of amides is 8. The third-order valence-electron chi connectivity index (χ3n) is 14.9. The van der Waals surface area contributed by atoms with Crippen molar-refractivity contribution in [3.8, 4) is 17.6 Å². The van der Waals surface area contributed by atoms with Gasteiger partial charge in [-0.15, -0.1) is 21.5 Å². The van der Waals surface area contributed by atoms with E-state index in [-0.39, 0.29) is 69.1 Å². The second kappa shape index (κ2) is 32.1.